The number of hydrogen-bond acceptors (Lipinski definition) is 6. The lowest BCUT2D eigenvalue weighted by molar-refractivity contribution is -0.384. The third-order valence-electron chi connectivity index (χ3n) is 4.61. The average Bonchev–Trinajstić information content (AvgIpc) is 3.13. The number of nitrogens with zero attached hydrogens (tertiary/aromatic N) is 2. The summed E-state index contributed by atoms with van der Waals surface area (Å²) in [6.07, 6.45) is 1.62. The van der Waals surface area contributed by atoms with Gasteiger partial charge in [0, 0.05) is 17.2 Å². The van der Waals surface area contributed by atoms with Gasteiger partial charge >= 0.3 is 5.97 Å². The zero-order valence-electron chi connectivity index (χ0n) is 16.9. The first kappa shape index (κ1) is 24.9. The number of hydrogen-bond donors (Lipinski definition) is 0. The molecule has 0 aromatic heterocycles. The Kier molecular flexibility index (Phi) is 7.75. The van der Waals surface area contributed by atoms with Gasteiger partial charge in [-0.1, -0.05) is 35.3 Å². The van der Waals surface area contributed by atoms with Crippen LogP contribution in [0.3, 0.4) is 0 Å². The van der Waals surface area contributed by atoms with Crippen molar-refractivity contribution in [2.24, 2.45) is 4.99 Å². The van der Waals surface area contributed by atoms with Gasteiger partial charge in [-0.05, 0) is 92.7 Å². The summed E-state index contributed by atoms with van der Waals surface area (Å²) in [5.41, 5.74) is 2.03. The first-order chi connectivity index (χ1) is 16.2. The van der Waals surface area contributed by atoms with E-state index in [0.717, 1.165) is 12.7 Å². The molecule has 0 atom stereocenters. The Labute approximate surface area is 231 Å². The maximum absolute atomic E-state index is 12.4. The Hall–Kier alpha value is -2.22. The van der Waals surface area contributed by atoms with E-state index < -0.39 is 10.9 Å². The smallest absolute Gasteiger partial charge is 0.363 e. The predicted molar refractivity (Wildman–Crippen MR) is 146 cm³/mol. The first-order valence-electron chi connectivity index (χ1n) is 9.54. The summed E-state index contributed by atoms with van der Waals surface area (Å²) in [5.74, 6) is 0.164. The second kappa shape index (κ2) is 10.6. The molecule has 0 N–H and O–H groups in total. The fraction of sp³-hybridized carbons (Fsp3) is 0.0435. The van der Waals surface area contributed by atoms with Gasteiger partial charge in [0.1, 0.15) is 12.4 Å². The Balaban J connectivity index is 1.55. The number of non-ortho nitro benzene ring substituents is 1. The summed E-state index contributed by atoms with van der Waals surface area (Å²) in [4.78, 5) is 27.2. The molecule has 0 amide bonds. The van der Waals surface area contributed by atoms with Crippen LogP contribution in [0.5, 0.6) is 5.75 Å². The van der Waals surface area contributed by atoms with Crippen LogP contribution in [-0.4, -0.2) is 16.8 Å². The van der Waals surface area contributed by atoms with Crippen molar-refractivity contribution in [1.82, 2.24) is 0 Å². The topological polar surface area (TPSA) is 91.0 Å². The molecule has 11 heteroatoms. The standard InChI is InChI=1S/C23H12Cl2I2N2O5/c24-14-4-5-16(17(25)10-14)22-28-20(23(30)34-22)9-13-7-18(26)21(19(27)8-13)33-11-12-2-1-3-15(6-12)29(31)32/h1-10H,11H2/b20-9-. The Morgan fingerprint density at radius 1 is 1.09 bits per heavy atom. The van der Waals surface area contributed by atoms with Crippen molar-refractivity contribution in [2.75, 3.05) is 0 Å². The van der Waals surface area contributed by atoms with Gasteiger partial charge in [0.05, 0.1) is 22.6 Å². The molecule has 0 saturated carbocycles. The number of ether oxygens (including phenoxy) is 2. The molecule has 172 valence electrons. The molecule has 0 bridgehead atoms. The molecule has 34 heavy (non-hydrogen) atoms. The van der Waals surface area contributed by atoms with Gasteiger partial charge in [-0.15, -0.1) is 0 Å². The molecule has 3 aromatic carbocycles. The van der Waals surface area contributed by atoms with E-state index in [2.05, 4.69) is 50.2 Å². The number of esters is 1. The normalized spacial score (nSPS) is 14.2. The van der Waals surface area contributed by atoms with E-state index in [-0.39, 0.29) is 23.9 Å². The largest absolute Gasteiger partial charge is 0.487 e. The summed E-state index contributed by atoms with van der Waals surface area (Å²) in [7, 11) is 0. The number of nitro groups is 1. The zero-order chi connectivity index (χ0) is 24.4. The van der Waals surface area contributed by atoms with Crippen molar-refractivity contribution in [1.29, 1.82) is 0 Å². The summed E-state index contributed by atoms with van der Waals surface area (Å²) in [5, 5.41) is 11.8. The molecule has 3 aromatic rings. The van der Waals surface area contributed by atoms with Crippen molar-refractivity contribution in [3.8, 4) is 5.75 Å². The van der Waals surface area contributed by atoms with Crippen molar-refractivity contribution >= 4 is 92.0 Å². The minimum absolute atomic E-state index is 0.00993. The number of nitro benzene ring substituents is 1. The lowest BCUT2D eigenvalue weighted by atomic mass is 10.2. The van der Waals surface area contributed by atoms with Crippen molar-refractivity contribution < 1.29 is 19.2 Å². The number of carbonyl (C=O) groups excluding carboxylic acids is 1. The maximum Gasteiger partial charge on any atom is 0.363 e. The Morgan fingerprint density at radius 3 is 2.50 bits per heavy atom. The second-order valence-electron chi connectivity index (χ2n) is 6.99. The second-order valence-corrected chi connectivity index (χ2v) is 10.2. The van der Waals surface area contributed by atoms with E-state index in [9.17, 15) is 14.9 Å². The van der Waals surface area contributed by atoms with Gasteiger partial charge in [0.2, 0.25) is 5.90 Å². The molecular formula is C23H12Cl2I2N2O5. The van der Waals surface area contributed by atoms with E-state index in [0.29, 0.717) is 26.9 Å². The van der Waals surface area contributed by atoms with Crippen molar-refractivity contribution in [3.63, 3.8) is 0 Å². The predicted octanol–water partition coefficient (Wildman–Crippen LogP) is 7.03. The minimum Gasteiger partial charge on any atom is -0.487 e. The highest BCUT2D eigenvalue weighted by Crippen LogP contribution is 2.32. The molecule has 0 saturated heterocycles. The van der Waals surface area contributed by atoms with Crippen molar-refractivity contribution in [2.45, 2.75) is 6.61 Å². The average molecular weight is 721 g/mol. The fourth-order valence-electron chi connectivity index (χ4n) is 3.06. The van der Waals surface area contributed by atoms with Crippen LogP contribution < -0.4 is 4.74 Å². The van der Waals surface area contributed by atoms with Crippen LogP contribution in [0.2, 0.25) is 10.0 Å². The van der Waals surface area contributed by atoms with Crippen LogP contribution in [0.15, 0.2) is 65.3 Å². The van der Waals surface area contributed by atoms with Crippen LogP contribution in [-0.2, 0) is 16.1 Å². The molecule has 1 aliphatic rings. The lowest BCUT2D eigenvalue weighted by Gasteiger charge is -2.11. The Morgan fingerprint density at radius 2 is 1.82 bits per heavy atom. The van der Waals surface area contributed by atoms with Crippen LogP contribution in [0.25, 0.3) is 6.08 Å². The highest BCUT2D eigenvalue weighted by atomic mass is 127. The van der Waals surface area contributed by atoms with Crippen LogP contribution >= 0.6 is 68.4 Å². The molecule has 1 heterocycles. The SMILES string of the molecule is O=C1OC(c2ccc(Cl)cc2Cl)=N/C1=C\c1cc(I)c(OCc2cccc([N+](=O)[O-])c2)c(I)c1. The quantitative estimate of drug-likeness (QED) is 0.0897. The van der Waals surface area contributed by atoms with Crippen molar-refractivity contribution in [3.05, 3.63) is 104 Å². The van der Waals surface area contributed by atoms with Gasteiger partial charge in [-0.2, -0.15) is 0 Å². The fourth-order valence-corrected chi connectivity index (χ4v) is 5.68. The number of benzene rings is 3. The molecule has 0 aliphatic carbocycles. The van der Waals surface area contributed by atoms with Gasteiger partial charge in [0.25, 0.3) is 5.69 Å². The monoisotopic (exact) mass is 720 g/mol. The summed E-state index contributed by atoms with van der Waals surface area (Å²) in [6.45, 7) is 0.177. The molecule has 0 radical (unpaired) electrons. The van der Waals surface area contributed by atoms with Crippen LogP contribution in [0.1, 0.15) is 16.7 Å². The molecule has 0 unspecified atom stereocenters. The summed E-state index contributed by atoms with van der Waals surface area (Å²) in [6, 6.07) is 14.8. The molecule has 0 spiro atoms. The van der Waals surface area contributed by atoms with Gasteiger partial charge in [-0.25, -0.2) is 9.79 Å². The molecule has 4 rings (SSSR count). The third kappa shape index (κ3) is 5.70. The van der Waals surface area contributed by atoms with Gasteiger partial charge < -0.3 is 9.47 Å². The molecule has 7 nitrogen and oxygen atoms in total. The number of rotatable bonds is 6. The molecule has 0 fully saturated rings. The maximum atomic E-state index is 12.4. The van der Waals surface area contributed by atoms with E-state index in [4.69, 9.17) is 32.7 Å². The highest BCUT2D eigenvalue weighted by molar-refractivity contribution is 14.1. The minimum atomic E-state index is -0.586. The zero-order valence-corrected chi connectivity index (χ0v) is 22.8. The van der Waals surface area contributed by atoms with E-state index >= 15 is 0 Å². The highest BCUT2D eigenvalue weighted by Gasteiger charge is 2.26. The number of carbonyl (C=O) groups is 1. The van der Waals surface area contributed by atoms with E-state index in [1.807, 2.05) is 12.1 Å². The summed E-state index contributed by atoms with van der Waals surface area (Å²) < 4.78 is 12.8. The lowest BCUT2D eigenvalue weighted by Crippen LogP contribution is -2.06. The number of aliphatic imine (C=N–C) groups is 1. The molecular weight excluding hydrogens is 709 g/mol. The first-order valence-corrected chi connectivity index (χ1v) is 12.5. The molecule has 1 aliphatic heterocycles. The number of halogens is 4. The van der Waals surface area contributed by atoms with E-state index in [1.54, 1.807) is 36.4 Å². The third-order valence-corrected chi connectivity index (χ3v) is 6.76. The van der Waals surface area contributed by atoms with Crippen LogP contribution in [0.4, 0.5) is 5.69 Å². The van der Waals surface area contributed by atoms with Gasteiger partial charge in [-0.3, -0.25) is 10.1 Å². The number of cyclic esters (lactones) is 1. The van der Waals surface area contributed by atoms with Gasteiger partial charge in [0.15, 0.2) is 5.70 Å². The van der Waals surface area contributed by atoms with Crippen LogP contribution in [0, 0.1) is 17.3 Å². The Bertz CT molecular complexity index is 1370. The summed E-state index contributed by atoms with van der Waals surface area (Å²) >= 11 is 16.4. The van der Waals surface area contributed by atoms with E-state index in [1.165, 1.54) is 12.1 Å².